The van der Waals surface area contributed by atoms with Gasteiger partial charge in [-0.15, -0.1) is 0 Å². The highest BCUT2D eigenvalue weighted by atomic mass is 32.2. The maximum absolute atomic E-state index is 13.5. The van der Waals surface area contributed by atoms with Crippen LogP contribution in [-0.4, -0.2) is 31.9 Å². The molecule has 0 amide bonds. The van der Waals surface area contributed by atoms with Crippen LogP contribution in [0.15, 0.2) is 23.1 Å². The molecule has 0 bridgehead atoms. The largest absolute Gasteiger partial charge is 0.310 e. The van der Waals surface area contributed by atoms with Gasteiger partial charge in [0, 0.05) is 25.7 Å². The molecule has 0 aliphatic heterocycles. The smallest absolute Gasteiger partial charge is 0.243 e. The first-order chi connectivity index (χ1) is 9.98. The van der Waals surface area contributed by atoms with Crippen molar-refractivity contribution < 1.29 is 12.8 Å². The van der Waals surface area contributed by atoms with Gasteiger partial charge in [-0.2, -0.15) is 4.31 Å². The molecule has 1 saturated carbocycles. The minimum absolute atomic E-state index is 0.0888. The van der Waals surface area contributed by atoms with Gasteiger partial charge in [-0.1, -0.05) is 19.9 Å². The van der Waals surface area contributed by atoms with Crippen molar-refractivity contribution in [3.63, 3.8) is 0 Å². The zero-order valence-electron chi connectivity index (χ0n) is 12.6. The molecule has 0 unspecified atom stereocenters. The van der Waals surface area contributed by atoms with Crippen LogP contribution in [0.25, 0.3) is 0 Å². The highest BCUT2D eigenvalue weighted by Gasteiger charge is 2.27. The topological polar surface area (TPSA) is 49.4 Å². The van der Waals surface area contributed by atoms with E-state index in [2.05, 4.69) is 5.32 Å². The molecule has 1 aromatic carbocycles. The van der Waals surface area contributed by atoms with E-state index in [0.717, 1.165) is 25.3 Å². The number of halogens is 1. The van der Waals surface area contributed by atoms with Gasteiger partial charge in [0.15, 0.2) is 0 Å². The van der Waals surface area contributed by atoms with Gasteiger partial charge >= 0.3 is 0 Å². The molecule has 0 spiro atoms. The number of sulfonamides is 1. The first-order valence-corrected chi connectivity index (χ1v) is 8.95. The standard InChI is InChI=1S/C15H23FN2O2S/c1-3-9-18(4-2)21(19,20)15-10-13(16)6-5-12(15)11-17-14-7-8-14/h5-6,10,14,17H,3-4,7-9,11H2,1-2H3. The normalized spacial score (nSPS) is 15.6. The summed E-state index contributed by atoms with van der Waals surface area (Å²) >= 11 is 0. The average Bonchev–Trinajstić information content (AvgIpc) is 3.27. The molecule has 1 aliphatic rings. The lowest BCUT2D eigenvalue weighted by Gasteiger charge is -2.21. The average molecular weight is 314 g/mol. The first kappa shape index (κ1) is 16.4. The number of hydrogen-bond acceptors (Lipinski definition) is 3. The third kappa shape index (κ3) is 4.02. The van der Waals surface area contributed by atoms with Gasteiger partial charge < -0.3 is 5.32 Å². The first-order valence-electron chi connectivity index (χ1n) is 7.51. The van der Waals surface area contributed by atoms with E-state index in [1.165, 1.54) is 10.4 Å². The predicted molar refractivity (Wildman–Crippen MR) is 81.0 cm³/mol. The van der Waals surface area contributed by atoms with Crippen molar-refractivity contribution in [2.24, 2.45) is 0 Å². The number of hydrogen-bond donors (Lipinski definition) is 1. The molecule has 0 atom stereocenters. The van der Waals surface area contributed by atoms with Crippen LogP contribution in [0.4, 0.5) is 4.39 Å². The van der Waals surface area contributed by atoms with Crippen molar-refractivity contribution in [3.05, 3.63) is 29.6 Å². The quantitative estimate of drug-likeness (QED) is 0.802. The summed E-state index contributed by atoms with van der Waals surface area (Å²) in [6.45, 7) is 5.03. The molecule has 0 radical (unpaired) electrons. The molecule has 1 aromatic rings. The van der Waals surface area contributed by atoms with Crippen molar-refractivity contribution in [2.45, 2.75) is 50.6 Å². The van der Waals surface area contributed by atoms with E-state index in [1.54, 1.807) is 13.0 Å². The van der Waals surface area contributed by atoms with Gasteiger partial charge in [0.1, 0.15) is 5.82 Å². The van der Waals surface area contributed by atoms with Crippen LogP contribution in [0, 0.1) is 5.82 Å². The Balaban J connectivity index is 2.32. The van der Waals surface area contributed by atoms with Gasteiger partial charge in [0.05, 0.1) is 4.90 Å². The molecule has 4 nitrogen and oxygen atoms in total. The van der Waals surface area contributed by atoms with Crippen molar-refractivity contribution >= 4 is 10.0 Å². The van der Waals surface area contributed by atoms with E-state index in [9.17, 15) is 12.8 Å². The Morgan fingerprint density at radius 2 is 2.05 bits per heavy atom. The fourth-order valence-corrected chi connectivity index (χ4v) is 4.07. The van der Waals surface area contributed by atoms with Crippen LogP contribution in [0.2, 0.25) is 0 Å². The maximum atomic E-state index is 13.5. The van der Waals surface area contributed by atoms with E-state index in [1.807, 2.05) is 6.92 Å². The lowest BCUT2D eigenvalue weighted by Crippen LogP contribution is -2.33. The van der Waals surface area contributed by atoms with Crippen LogP contribution >= 0.6 is 0 Å². The van der Waals surface area contributed by atoms with Crippen molar-refractivity contribution in [1.82, 2.24) is 9.62 Å². The number of benzene rings is 1. The number of nitrogens with zero attached hydrogens (tertiary/aromatic N) is 1. The third-order valence-corrected chi connectivity index (χ3v) is 5.69. The molecule has 1 N–H and O–H groups in total. The summed E-state index contributed by atoms with van der Waals surface area (Å²) in [4.78, 5) is 0.0888. The Bertz CT molecular complexity index is 585. The van der Waals surface area contributed by atoms with Crippen molar-refractivity contribution in [3.8, 4) is 0 Å². The highest BCUT2D eigenvalue weighted by molar-refractivity contribution is 7.89. The molecular weight excluding hydrogens is 291 g/mol. The Labute approximate surface area is 126 Å². The van der Waals surface area contributed by atoms with Gasteiger partial charge in [-0.25, -0.2) is 12.8 Å². The predicted octanol–water partition coefficient (Wildman–Crippen LogP) is 2.50. The van der Waals surface area contributed by atoms with E-state index >= 15 is 0 Å². The lowest BCUT2D eigenvalue weighted by molar-refractivity contribution is 0.425. The zero-order valence-corrected chi connectivity index (χ0v) is 13.4. The monoisotopic (exact) mass is 314 g/mol. The Morgan fingerprint density at radius 3 is 2.62 bits per heavy atom. The van der Waals surface area contributed by atoms with E-state index in [-0.39, 0.29) is 4.90 Å². The minimum atomic E-state index is -3.64. The third-order valence-electron chi connectivity index (χ3n) is 3.63. The summed E-state index contributed by atoms with van der Waals surface area (Å²) in [7, 11) is -3.64. The SMILES string of the molecule is CCCN(CC)S(=O)(=O)c1cc(F)ccc1CNC1CC1. The molecule has 0 heterocycles. The van der Waals surface area contributed by atoms with E-state index in [4.69, 9.17) is 0 Å². The van der Waals surface area contributed by atoms with Crippen LogP contribution in [0.3, 0.4) is 0 Å². The molecule has 0 aromatic heterocycles. The van der Waals surface area contributed by atoms with Crippen LogP contribution in [-0.2, 0) is 16.6 Å². The summed E-state index contributed by atoms with van der Waals surface area (Å²) < 4.78 is 40.4. The van der Waals surface area contributed by atoms with E-state index < -0.39 is 15.8 Å². The molecule has 21 heavy (non-hydrogen) atoms. The van der Waals surface area contributed by atoms with E-state index in [0.29, 0.717) is 31.2 Å². The maximum Gasteiger partial charge on any atom is 0.243 e. The summed E-state index contributed by atoms with van der Waals surface area (Å²) in [6.07, 6.45) is 2.98. The Kier molecular flexibility index (Phi) is 5.35. The van der Waals surface area contributed by atoms with Gasteiger partial charge in [-0.05, 0) is 37.0 Å². The lowest BCUT2D eigenvalue weighted by atomic mass is 10.2. The number of rotatable bonds is 8. The summed E-state index contributed by atoms with van der Waals surface area (Å²) in [5.41, 5.74) is 0.637. The minimum Gasteiger partial charge on any atom is -0.310 e. The van der Waals surface area contributed by atoms with Gasteiger partial charge in [0.25, 0.3) is 0 Å². The van der Waals surface area contributed by atoms with Gasteiger partial charge in [0.2, 0.25) is 10.0 Å². The molecule has 1 aliphatic carbocycles. The molecule has 6 heteroatoms. The molecule has 2 rings (SSSR count). The molecule has 0 saturated heterocycles. The summed E-state index contributed by atoms with van der Waals surface area (Å²) in [5, 5.41) is 3.29. The van der Waals surface area contributed by atoms with Crippen LogP contribution in [0.1, 0.15) is 38.7 Å². The van der Waals surface area contributed by atoms with Crippen LogP contribution < -0.4 is 5.32 Å². The summed E-state index contributed by atoms with van der Waals surface area (Å²) in [5.74, 6) is -0.517. The number of nitrogens with one attached hydrogen (secondary N) is 1. The van der Waals surface area contributed by atoms with Gasteiger partial charge in [-0.3, -0.25) is 0 Å². The Hall–Kier alpha value is -0.980. The fraction of sp³-hybridized carbons (Fsp3) is 0.600. The van der Waals surface area contributed by atoms with Crippen molar-refractivity contribution in [1.29, 1.82) is 0 Å². The second kappa shape index (κ2) is 6.85. The highest BCUT2D eigenvalue weighted by Crippen LogP contribution is 2.24. The Morgan fingerprint density at radius 1 is 1.33 bits per heavy atom. The summed E-state index contributed by atoms with van der Waals surface area (Å²) in [6, 6.07) is 4.50. The molecule has 1 fully saturated rings. The van der Waals surface area contributed by atoms with Crippen LogP contribution in [0.5, 0.6) is 0 Å². The van der Waals surface area contributed by atoms with Crippen molar-refractivity contribution in [2.75, 3.05) is 13.1 Å². The second-order valence-corrected chi connectivity index (χ2v) is 7.31. The fourth-order valence-electron chi connectivity index (χ4n) is 2.29. The molecule has 118 valence electrons. The molecular formula is C15H23FN2O2S. The zero-order chi connectivity index (χ0) is 15.5. The second-order valence-electron chi connectivity index (χ2n) is 5.40.